The van der Waals surface area contributed by atoms with E-state index in [0.717, 1.165) is 42.4 Å². The van der Waals surface area contributed by atoms with Crippen molar-refractivity contribution in [3.8, 4) is 0 Å². The molecule has 1 saturated carbocycles. The van der Waals surface area contributed by atoms with Gasteiger partial charge in [-0.3, -0.25) is 4.79 Å². The van der Waals surface area contributed by atoms with Crippen molar-refractivity contribution >= 4 is 22.4 Å². The van der Waals surface area contributed by atoms with Gasteiger partial charge < -0.3 is 10.2 Å². The summed E-state index contributed by atoms with van der Waals surface area (Å²) < 4.78 is 0. The lowest BCUT2D eigenvalue weighted by Gasteiger charge is -2.22. The van der Waals surface area contributed by atoms with E-state index >= 15 is 0 Å². The molecule has 0 radical (unpaired) electrons. The van der Waals surface area contributed by atoms with Crippen LogP contribution in [0.25, 0.3) is 0 Å². The zero-order chi connectivity index (χ0) is 14.3. The molecule has 0 aromatic carbocycles. The van der Waals surface area contributed by atoms with E-state index in [0.29, 0.717) is 6.04 Å². The van der Waals surface area contributed by atoms with Gasteiger partial charge in [-0.2, -0.15) is 0 Å². The van der Waals surface area contributed by atoms with Crippen molar-refractivity contribution < 1.29 is 4.79 Å². The predicted octanol–water partition coefficient (Wildman–Crippen LogP) is 2.08. The summed E-state index contributed by atoms with van der Waals surface area (Å²) in [6.07, 6.45) is 4.23. The van der Waals surface area contributed by atoms with Gasteiger partial charge in [0.05, 0.1) is 0 Å². The van der Waals surface area contributed by atoms with Crippen LogP contribution in [-0.2, 0) is 10.2 Å². The van der Waals surface area contributed by atoms with Crippen molar-refractivity contribution in [3.05, 3.63) is 5.01 Å². The number of carbonyl (C=O) groups is 1. The third kappa shape index (κ3) is 2.80. The maximum absolute atomic E-state index is 12.3. The second-order valence-electron chi connectivity index (χ2n) is 6.77. The highest BCUT2D eigenvalue weighted by Crippen LogP contribution is 2.33. The standard InChI is InChI=1S/C14H22N4OS/c1-14(2,3)12-16-17-13(20-12)18-8-4-5-10(18)11(19)15-9-6-7-9/h9-10H,4-8H2,1-3H3,(H,15,19). The van der Waals surface area contributed by atoms with Gasteiger partial charge in [0.15, 0.2) is 0 Å². The average Bonchev–Trinajstić information content (AvgIpc) is 2.91. The van der Waals surface area contributed by atoms with Gasteiger partial charge in [0.2, 0.25) is 11.0 Å². The first-order valence-electron chi connectivity index (χ1n) is 7.36. The topological polar surface area (TPSA) is 58.1 Å². The molecule has 0 spiro atoms. The van der Waals surface area contributed by atoms with Crippen LogP contribution in [0.5, 0.6) is 0 Å². The fourth-order valence-electron chi connectivity index (χ4n) is 2.43. The first-order valence-corrected chi connectivity index (χ1v) is 8.18. The largest absolute Gasteiger partial charge is 0.352 e. The second kappa shape index (κ2) is 4.98. The Balaban J connectivity index is 1.74. The van der Waals surface area contributed by atoms with E-state index < -0.39 is 0 Å². The highest BCUT2D eigenvalue weighted by atomic mass is 32.1. The Bertz CT molecular complexity index is 504. The smallest absolute Gasteiger partial charge is 0.243 e. The molecule has 1 N–H and O–H groups in total. The Morgan fingerprint density at radius 1 is 1.30 bits per heavy atom. The fraction of sp³-hybridized carbons (Fsp3) is 0.786. The number of nitrogens with zero attached hydrogens (tertiary/aromatic N) is 3. The van der Waals surface area contributed by atoms with Gasteiger partial charge >= 0.3 is 0 Å². The lowest BCUT2D eigenvalue weighted by Crippen LogP contribution is -2.44. The minimum atomic E-state index is -0.0589. The summed E-state index contributed by atoms with van der Waals surface area (Å²) in [6.45, 7) is 7.32. The molecule has 20 heavy (non-hydrogen) atoms. The normalized spacial score (nSPS) is 23.1. The third-order valence-corrected chi connectivity index (χ3v) is 5.17. The molecule has 1 unspecified atom stereocenters. The van der Waals surface area contributed by atoms with Gasteiger partial charge in [-0.25, -0.2) is 0 Å². The molecule has 1 atom stereocenters. The maximum atomic E-state index is 12.3. The average molecular weight is 294 g/mol. The van der Waals surface area contributed by atoms with Gasteiger partial charge in [0.1, 0.15) is 11.0 Å². The van der Waals surface area contributed by atoms with Crippen molar-refractivity contribution in [2.75, 3.05) is 11.4 Å². The summed E-state index contributed by atoms with van der Waals surface area (Å²) in [5.74, 6) is 0.164. The summed E-state index contributed by atoms with van der Waals surface area (Å²) in [7, 11) is 0. The highest BCUT2D eigenvalue weighted by molar-refractivity contribution is 7.15. The summed E-state index contributed by atoms with van der Waals surface area (Å²) in [6, 6.07) is 0.362. The third-order valence-electron chi connectivity index (χ3n) is 3.78. The van der Waals surface area contributed by atoms with Crippen molar-refractivity contribution in [1.82, 2.24) is 15.5 Å². The Morgan fingerprint density at radius 3 is 2.65 bits per heavy atom. The van der Waals surface area contributed by atoms with Crippen LogP contribution in [0.4, 0.5) is 5.13 Å². The Labute approximate surface area is 123 Å². The number of hydrogen-bond acceptors (Lipinski definition) is 5. The SMILES string of the molecule is CC(C)(C)c1nnc(N2CCCC2C(=O)NC2CC2)s1. The van der Waals surface area contributed by atoms with Crippen molar-refractivity contribution in [2.24, 2.45) is 0 Å². The summed E-state index contributed by atoms with van der Waals surface area (Å²) >= 11 is 1.62. The van der Waals surface area contributed by atoms with Gasteiger partial charge in [0, 0.05) is 18.0 Å². The van der Waals surface area contributed by atoms with E-state index in [2.05, 4.69) is 41.2 Å². The van der Waals surface area contributed by atoms with Gasteiger partial charge in [-0.15, -0.1) is 10.2 Å². The van der Waals surface area contributed by atoms with Crippen molar-refractivity contribution in [3.63, 3.8) is 0 Å². The van der Waals surface area contributed by atoms with Crippen molar-refractivity contribution in [1.29, 1.82) is 0 Å². The van der Waals surface area contributed by atoms with E-state index in [-0.39, 0.29) is 17.4 Å². The zero-order valence-electron chi connectivity index (χ0n) is 12.3. The van der Waals surface area contributed by atoms with E-state index in [1.54, 1.807) is 11.3 Å². The van der Waals surface area contributed by atoms with E-state index in [4.69, 9.17) is 0 Å². The molecule has 1 aliphatic heterocycles. The summed E-state index contributed by atoms with van der Waals surface area (Å²) in [5, 5.41) is 13.6. The molecule has 2 aliphatic rings. The van der Waals surface area contributed by atoms with Crippen LogP contribution in [0.15, 0.2) is 0 Å². The van der Waals surface area contributed by atoms with Crippen LogP contribution in [0.2, 0.25) is 0 Å². The highest BCUT2D eigenvalue weighted by Gasteiger charge is 2.36. The van der Waals surface area contributed by atoms with Gasteiger partial charge in [-0.05, 0) is 25.7 Å². The lowest BCUT2D eigenvalue weighted by atomic mass is 9.98. The number of nitrogens with one attached hydrogen (secondary N) is 1. The monoisotopic (exact) mass is 294 g/mol. The minimum absolute atomic E-state index is 0.0153. The molecule has 3 rings (SSSR count). The Morgan fingerprint density at radius 2 is 2.05 bits per heavy atom. The molecule has 1 aromatic heterocycles. The number of carbonyl (C=O) groups excluding carboxylic acids is 1. The molecule has 1 amide bonds. The molecule has 0 bridgehead atoms. The molecule has 2 heterocycles. The quantitative estimate of drug-likeness (QED) is 0.927. The van der Waals surface area contributed by atoms with Crippen LogP contribution in [0, 0.1) is 0 Å². The Kier molecular flexibility index (Phi) is 3.44. The lowest BCUT2D eigenvalue weighted by molar-refractivity contribution is -0.122. The second-order valence-corrected chi connectivity index (χ2v) is 7.73. The van der Waals surface area contributed by atoms with Gasteiger partial charge in [-0.1, -0.05) is 32.1 Å². The Hall–Kier alpha value is -1.17. The minimum Gasteiger partial charge on any atom is -0.352 e. The molecular weight excluding hydrogens is 272 g/mol. The maximum Gasteiger partial charge on any atom is 0.243 e. The van der Waals surface area contributed by atoms with Crippen LogP contribution in [0.1, 0.15) is 51.5 Å². The van der Waals surface area contributed by atoms with E-state index in [1.165, 1.54) is 0 Å². The molecular formula is C14H22N4OS. The molecule has 2 fully saturated rings. The molecule has 110 valence electrons. The summed E-state index contributed by atoms with van der Waals surface area (Å²) in [5.41, 5.74) is 0.0153. The molecule has 1 aromatic rings. The first kappa shape index (κ1) is 13.8. The number of hydrogen-bond donors (Lipinski definition) is 1. The van der Waals surface area contributed by atoms with Crippen LogP contribution < -0.4 is 10.2 Å². The molecule has 1 aliphatic carbocycles. The van der Waals surface area contributed by atoms with Crippen molar-refractivity contribution in [2.45, 2.75) is 64.0 Å². The number of anilines is 1. The van der Waals surface area contributed by atoms with E-state index in [1.807, 2.05) is 0 Å². The first-order chi connectivity index (χ1) is 9.45. The predicted molar refractivity (Wildman–Crippen MR) is 80.1 cm³/mol. The number of rotatable bonds is 3. The summed E-state index contributed by atoms with van der Waals surface area (Å²) in [4.78, 5) is 14.4. The molecule has 1 saturated heterocycles. The molecule has 5 nitrogen and oxygen atoms in total. The van der Waals surface area contributed by atoms with Crippen LogP contribution in [-0.4, -0.2) is 34.7 Å². The zero-order valence-corrected chi connectivity index (χ0v) is 13.2. The fourth-order valence-corrected chi connectivity index (χ4v) is 3.41. The van der Waals surface area contributed by atoms with E-state index in [9.17, 15) is 4.79 Å². The van der Waals surface area contributed by atoms with Crippen LogP contribution >= 0.6 is 11.3 Å². The number of aromatic nitrogens is 2. The number of amides is 1. The van der Waals surface area contributed by atoms with Crippen LogP contribution in [0.3, 0.4) is 0 Å². The molecule has 6 heteroatoms. The van der Waals surface area contributed by atoms with Gasteiger partial charge in [0.25, 0.3) is 0 Å².